The second-order valence-electron chi connectivity index (χ2n) is 6.63. The first-order chi connectivity index (χ1) is 14.0. The Bertz CT molecular complexity index is 970. The Labute approximate surface area is 168 Å². The summed E-state index contributed by atoms with van der Waals surface area (Å²) in [5, 5.41) is 2.85. The summed E-state index contributed by atoms with van der Waals surface area (Å²) in [4.78, 5) is 16.3. The van der Waals surface area contributed by atoms with Crippen LogP contribution in [0.4, 0.5) is 8.78 Å². The number of hydrogen-bond acceptors (Lipinski definition) is 3. The molecule has 0 aliphatic carbocycles. The van der Waals surface area contributed by atoms with Gasteiger partial charge >= 0.3 is 0 Å². The molecule has 0 saturated heterocycles. The smallest absolute Gasteiger partial charge is 0.217 e. The second-order valence-corrected chi connectivity index (χ2v) is 6.63. The van der Waals surface area contributed by atoms with Crippen molar-refractivity contribution in [3.05, 3.63) is 83.7 Å². The van der Waals surface area contributed by atoms with Crippen LogP contribution in [-0.4, -0.2) is 17.5 Å². The monoisotopic (exact) mass is 396 g/mol. The van der Waals surface area contributed by atoms with Crippen molar-refractivity contribution < 1.29 is 18.3 Å². The first kappa shape index (κ1) is 20.5. The first-order valence-electron chi connectivity index (χ1n) is 9.36. The summed E-state index contributed by atoms with van der Waals surface area (Å²) in [6.45, 7) is 3.89. The minimum Gasteiger partial charge on any atom is -0.494 e. The molecular formula is C23H22F2N2O2. The van der Waals surface area contributed by atoms with Crippen LogP contribution in [0.25, 0.3) is 11.1 Å². The first-order valence-corrected chi connectivity index (χ1v) is 9.36. The van der Waals surface area contributed by atoms with E-state index in [1.54, 1.807) is 6.20 Å². The average Bonchev–Trinajstić information content (AvgIpc) is 2.67. The van der Waals surface area contributed by atoms with Crippen LogP contribution in [-0.2, 0) is 11.2 Å². The lowest BCUT2D eigenvalue weighted by atomic mass is 9.95. The zero-order chi connectivity index (χ0) is 20.8. The molecule has 1 N–H and O–H groups in total. The molecule has 0 bridgehead atoms. The molecule has 1 heterocycles. The lowest BCUT2D eigenvalue weighted by Crippen LogP contribution is -2.29. The van der Waals surface area contributed by atoms with Gasteiger partial charge in [-0.15, -0.1) is 0 Å². The van der Waals surface area contributed by atoms with E-state index < -0.39 is 17.7 Å². The standard InChI is InChI=1S/C23H22F2N2O2/c1-3-29-20-8-6-17(7-9-20)21-5-4-10-26-23(21)22(27-15(2)28)13-16-11-18(24)14-19(25)12-16/h4-12,14,22H,3,13H2,1-2H3,(H,27,28)/t22-/m0/s1. The summed E-state index contributed by atoms with van der Waals surface area (Å²) >= 11 is 0. The number of nitrogens with zero attached hydrogens (tertiary/aromatic N) is 1. The number of pyridine rings is 1. The van der Waals surface area contributed by atoms with Crippen molar-refractivity contribution in [1.82, 2.24) is 10.3 Å². The molecule has 6 heteroatoms. The maximum atomic E-state index is 13.6. The van der Waals surface area contributed by atoms with Gasteiger partial charge in [0.1, 0.15) is 17.4 Å². The van der Waals surface area contributed by atoms with Crippen LogP contribution in [0.3, 0.4) is 0 Å². The SMILES string of the molecule is CCOc1ccc(-c2cccnc2[C@H](Cc2cc(F)cc(F)c2)NC(C)=O)cc1. The summed E-state index contributed by atoms with van der Waals surface area (Å²) in [6.07, 6.45) is 1.84. The predicted molar refractivity (Wildman–Crippen MR) is 107 cm³/mol. The lowest BCUT2D eigenvalue weighted by Gasteiger charge is -2.21. The fourth-order valence-corrected chi connectivity index (χ4v) is 3.26. The van der Waals surface area contributed by atoms with E-state index in [0.29, 0.717) is 17.9 Å². The van der Waals surface area contributed by atoms with Crippen LogP contribution >= 0.6 is 0 Å². The Morgan fingerprint density at radius 3 is 2.41 bits per heavy atom. The topological polar surface area (TPSA) is 51.2 Å². The fourth-order valence-electron chi connectivity index (χ4n) is 3.26. The minimum absolute atomic E-state index is 0.204. The molecule has 0 spiro atoms. The van der Waals surface area contributed by atoms with Gasteiger partial charge in [-0.2, -0.15) is 0 Å². The normalized spacial score (nSPS) is 11.7. The van der Waals surface area contributed by atoms with Gasteiger partial charge in [-0.05, 0) is 54.8 Å². The van der Waals surface area contributed by atoms with Gasteiger partial charge in [0.15, 0.2) is 0 Å². The molecule has 1 atom stereocenters. The third-order valence-electron chi connectivity index (χ3n) is 4.38. The number of nitrogens with one attached hydrogen (secondary N) is 1. The zero-order valence-electron chi connectivity index (χ0n) is 16.3. The summed E-state index contributed by atoms with van der Waals surface area (Å²) in [5.74, 6) is -0.811. The molecule has 1 aromatic heterocycles. The van der Waals surface area contributed by atoms with Gasteiger partial charge in [-0.25, -0.2) is 8.78 Å². The van der Waals surface area contributed by atoms with Gasteiger partial charge in [0.05, 0.1) is 18.3 Å². The number of benzene rings is 2. The molecule has 150 valence electrons. The van der Waals surface area contributed by atoms with Crippen LogP contribution < -0.4 is 10.1 Å². The van der Waals surface area contributed by atoms with Gasteiger partial charge in [0, 0.05) is 24.8 Å². The van der Waals surface area contributed by atoms with Gasteiger partial charge in [0.25, 0.3) is 0 Å². The van der Waals surface area contributed by atoms with Crippen molar-refractivity contribution in [2.75, 3.05) is 6.61 Å². The van der Waals surface area contributed by atoms with E-state index in [9.17, 15) is 13.6 Å². The van der Waals surface area contributed by atoms with E-state index in [4.69, 9.17) is 4.74 Å². The van der Waals surface area contributed by atoms with E-state index in [0.717, 1.165) is 22.9 Å². The van der Waals surface area contributed by atoms with Gasteiger partial charge in [-0.1, -0.05) is 18.2 Å². The van der Waals surface area contributed by atoms with Gasteiger partial charge in [0.2, 0.25) is 5.91 Å². The van der Waals surface area contributed by atoms with E-state index in [1.165, 1.54) is 19.1 Å². The van der Waals surface area contributed by atoms with Crippen molar-refractivity contribution in [3.8, 4) is 16.9 Å². The summed E-state index contributed by atoms with van der Waals surface area (Å²) in [6, 6.07) is 14.1. The molecule has 0 unspecified atom stereocenters. The fraction of sp³-hybridized carbons (Fsp3) is 0.217. The Morgan fingerprint density at radius 2 is 1.79 bits per heavy atom. The Kier molecular flexibility index (Phi) is 6.54. The second kappa shape index (κ2) is 9.28. The highest BCUT2D eigenvalue weighted by Crippen LogP contribution is 2.30. The van der Waals surface area contributed by atoms with Crippen molar-refractivity contribution in [3.63, 3.8) is 0 Å². The van der Waals surface area contributed by atoms with Gasteiger partial charge in [-0.3, -0.25) is 9.78 Å². The third-order valence-corrected chi connectivity index (χ3v) is 4.38. The van der Waals surface area contributed by atoms with Crippen LogP contribution in [0.5, 0.6) is 5.75 Å². The van der Waals surface area contributed by atoms with E-state index in [2.05, 4.69) is 10.3 Å². The highest BCUT2D eigenvalue weighted by atomic mass is 19.1. The van der Waals surface area contributed by atoms with E-state index in [1.807, 2.05) is 43.3 Å². The van der Waals surface area contributed by atoms with Crippen LogP contribution in [0.15, 0.2) is 60.8 Å². The number of ether oxygens (including phenoxy) is 1. The molecule has 29 heavy (non-hydrogen) atoms. The number of halogens is 2. The molecule has 4 nitrogen and oxygen atoms in total. The maximum absolute atomic E-state index is 13.6. The molecular weight excluding hydrogens is 374 g/mol. The lowest BCUT2D eigenvalue weighted by molar-refractivity contribution is -0.119. The molecule has 0 fully saturated rings. The van der Waals surface area contributed by atoms with E-state index >= 15 is 0 Å². The maximum Gasteiger partial charge on any atom is 0.217 e. The van der Waals surface area contributed by atoms with Crippen molar-refractivity contribution in [2.45, 2.75) is 26.3 Å². The zero-order valence-corrected chi connectivity index (χ0v) is 16.3. The predicted octanol–water partition coefficient (Wildman–Crippen LogP) is 4.85. The Morgan fingerprint density at radius 1 is 1.10 bits per heavy atom. The molecule has 3 rings (SSSR count). The molecule has 0 aliphatic rings. The summed E-state index contributed by atoms with van der Waals surface area (Å²) in [7, 11) is 0. The van der Waals surface area contributed by atoms with Crippen LogP contribution in [0.1, 0.15) is 31.1 Å². The number of carbonyl (C=O) groups excluding carboxylic acids is 1. The van der Waals surface area contributed by atoms with Crippen LogP contribution in [0.2, 0.25) is 0 Å². The largest absolute Gasteiger partial charge is 0.494 e. The molecule has 0 saturated carbocycles. The molecule has 3 aromatic rings. The summed E-state index contributed by atoms with van der Waals surface area (Å²) in [5.41, 5.74) is 2.78. The highest BCUT2D eigenvalue weighted by molar-refractivity contribution is 5.74. The summed E-state index contributed by atoms with van der Waals surface area (Å²) < 4.78 is 32.8. The van der Waals surface area contributed by atoms with Crippen molar-refractivity contribution >= 4 is 5.91 Å². The van der Waals surface area contributed by atoms with E-state index in [-0.39, 0.29) is 12.3 Å². The average molecular weight is 396 g/mol. The molecule has 1 amide bonds. The molecule has 0 aliphatic heterocycles. The number of hydrogen-bond donors (Lipinski definition) is 1. The number of carbonyl (C=O) groups is 1. The molecule has 2 aromatic carbocycles. The van der Waals surface area contributed by atoms with Crippen molar-refractivity contribution in [2.24, 2.45) is 0 Å². The quantitative estimate of drug-likeness (QED) is 0.621. The van der Waals surface area contributed by atoms with Crippen LogP contribution in [0, 0.1) is 11.6 Å². The molecule has 0 radical (unpaired) electrons. The minimum atomic E-state index is -0.658. The number of aromatic nitrogens is 1. The Hall–Kier alpha value is -3.28. The van der Waals surface area contributed by atoms with Gasteiger partial charge < -0.3 is 10.1 Å². The third kappa shape index (κ3) is 5.38. The highest BCUT2D eigenvalue weighted by Gasteiger charge is 2.20. The number of rotatable bonds is 7. The van der Waals surface area contributed by atoms with Crippen molar-refractivity contribution in [1.29, 1.82) is 0 Å². The number of amides is 1. The Balaban J connectivity index is 1.99.